The van der Waals surface area contributed by atoms with Crippen LogP contribution in [0.2, 0.25) is 0 Å². The van der Waals surface area contributed by atoms with Gasteiger partial charge in [0.15, 0.2) is 6.10 Å². The number of methoxy groups -OCH3 is 1. The molecule has 2 N–H and O–H groups in total. The number of hydrogen-bond acceptors (Lipinski definition) is 5. The smallest absolute Gasteiger partial charge is 0.251 e. The molecule has 0 radical (unpaired) electrons. The number of H-pyrrole nitrogens is 1. The van der Waals surface area contributed by atoms with Gasteiger partial charge in [-0.1, -0.05) is 12.1 Å². The van der Waals surface area contributed by atoms with Gasteiger partial charge in [0.25, 0.3) is 5.91 Å². The van der Waals surface area contributed by atoms with E-state index in [0.29, 0.717) is 13.0 Å². The predicted octanol–water partition coefficient (Wildman–Crippen LogP) is 1.21. The summed E-state index contributed by atoms with van der Waals surface area (Å²) >= 11 is 0. The molecule has 4 rings (SSSR count). The number of hydrogen-bond donors (Lipinski definition) is 2. The lowest BCUT2D eigenvalue weighted by Crippen LogP contribution is -2.55. The third kappa shape index (κ3) is 3.87. The number of carbonyl (C=O) groups is 2. The highest BCUT2D eigenvalue weighted by Gasteiger charge is 2.47. The van der Waals surface area contributed by atoms with Gasteiger partial charge in [0.2, 0.25) is 5.91 Å². The van der Waals surface area contributed by atoms with Crippen LogP contribution < -0.4 is 10.1 Å². The van der Waals surface area contributed by atoms with E-state index >= 15 is 0 Å². The second-order valence-electron chi connectivity index (χ2n) is 7.06. The lowest BCUT2D eigenvalue weighted by molar-refractivity contribution is -0.165. The van der Waals surface area contributed by atoms with Crippen LogP contribution in [0.4, 0.5) is 0 Å². The molecule has 0 unspecified atom stereocenters. The number of amides is 2. The monoisotopic (exact) mass is 384 g/mol. The zero-order chi connectivity index (χ0) is 19.5. The first-order valence-electron chi connectivity index (χ1n) is 9.50. The minimum atomic E-state index is -0.747. The molecule has 2 heterocycles. The molecule has 2 fully saturated rings. The van der Waals surface area contributed by atoms with Crippen LogP contribution in [0.15, 0.2) is 36.7 Å². The molecular formula is C20H24N4O4. The molecule has 148 valence electrons. The molecule has 1 aromatic heterocycles. The van der Waals surface area contributed by atoms with Crippen LogP contribution in [0.1, 0.15) is 30.3 Å². The lowest BCUT2D eigenvalue weighted by Gasteiger charge is -2.40. The van der Waals surface area contributed by atoms with Crippen LogP contribution in [0.25, 0.3) is 0 Å². The van der Waals surface area contributed by atoms with Gasteiger partial charge in [-0.2, -0.15) is 0 Å². The maximum atomic E-state index is 12.9. The minimum Gasteiger partial charge on any atom is -0.497 e. The van der Waals surface area contributed by atoms with E-state index in [-0.39, 0.29) is 24.5 Å². The molecule has 1 saturated heterocycles. The Balaban J connectivity index is 1.52. The lowest BCUT2D eigenvalue weighted by atomic mass is 9.96. The number of imidazole rings is 1. The normalized spacial score (nSPS) is 22.2. The summed E-state index contributed by atoms with van der Waals surface area (Å²) in [5, 5.41) is 2.92. The number of morpholine rings is 1. The van der Waals surface area contributed by atoms with E-state index in [1.54, 1.807) is 19.5 Å². The van der Waals surface area contributed by atoms with Crippen LogP contribution in [-0.4, -0.2) is 59.1 Å². The number of nitrogens with zero attached hydrogens (tertiary/aromatic N) is 2. The Kier molecular flexibility index (Phi) is 5.29. The zero-order valence-electron chi connectivity index (χ0n) is 15.8. The molecule has 2 atom stereocenters. The van der Waals surface area contributed by atoms with E-state index in [9.17, 15) is 9.59 Å². The van der Waals surface area contributed by atoms with Crippen molar-refractivity contribution in [3.05, 3.63) is 48.0 Å². The van der Waals surface area contributed by atoms with Gasteiger partial charge in [-0.25, -0.2) is 4.98 Å². The zero-order valence-corrected chi connectivity index (χ0v) is 15.8. The fourth-order valence-electron chi connectivity index (χ4n) is 3.61. The van der Waals surface area contributed by atoms with Crippen LogP contribution in [-0.2, 0) is 20.7 Å². The third-order valence-electron chi connectivity index (χ3n) is 5.13. The maximum absolute atomic E-state index is 12.9. The standard InChI is InChI=1S/C20H24N4O4/c1-27-15-6-2-13(3-7-15)18-19(28-12-17(25)24(18)14-4-5-14)20(26)23-9-8-16-21-10-11-22-16/h2-3,6-7,10-11,14,18-19H,4-5,8-9,12H2,1H3,(H,21,22)(H,23,26)/t18-,19+/m1/s1. The predicted molar refractivity (Wildman–Crippen MR) is 101 cm³/mol. The summed E-state index contributed by atoms with van der Waals surface area (Å²) in [5.74, 6) is 1.25. The molecule has 8 nitrogen and oxygen atoms in total. The summed E-state index contributed by atoms with van der Waals surface area (Å²) in [6.07, 6.45) is 5.21. The van der Waals surface area contributed by atoms with Crippen molar-refractivity contribution < 1.29 is 19.1 Å². The van der Waals surface area contributed by atoms with Gasteiger partial charge in [-0.3, -0.25) is 9.59 Å². The van der Waals surface area contributed by atoms with E-state index in [2.05, 4.69) is 15.3 Å². The number of nitrogens with one attached hydrogen (secondary N) is 2. The summed E-state index contributed by atoms with van der Waals surface area (Å²) in [7, 11) is 1.61. The van der Waals surface area contributed by atoms with Crippen LogP contribution in [0.3, 0.4) is 0 Å². The van der Waals surface area contributed by atoms with Gasteiger partial charge in [0, 0.05) is 31.4 Å². The fraction of sp³-hybridized carbons (Fsp3) is 0.450. The number of aromatic nitrogens is 2. The molecule has 1 aliphatic carbocycles. The highest BCUT2D eigenvalue weighted by Crippen LogP contribution is 2.39. The topological polar surface area (TPSA) is 96.5 Å². The van der Waals surface area contributed by atoms with E-state index in [1.807, 2.05) is 29.2 Å². The van der Waals surface area contributed by atoms with Crippen LogP contribution in [0, 0.1) is 0 Å². The average molecular weight is 384 g/mol. The van der Waals surface area contributed by atoms with Gasteiger partial charge >= 0.3 is 0 Å². The molecule has 2 amide bonds. The number of rotatable bonds is 7. The van der Waals surface area contributed by atoms with Crippen molar-refractivity contribution in [3.8, 4) is 5.75 Å². The summed E-state index contributed by atoms with van der Waals surface area (Å²) in [6, 6.07) is 7.20. The Morgan fingerprint density at radius 1 is 1.36 bits per heavy atom. The molecule has 28 heavy (non-hydrogen) atoms. The third-order valence-corrected chi connectivity index (χ3v) is 5.13. The molecule has 1 aromatic carbocycles. The van der Waals surface area contributed by atoms with Gasteiger partial charge in [-0.05, 0) is 30.5 Å². The van der Waals surface area contributed by atoms with Crippen molar-refractivity contribution in [1.82, 2.24) is 20.2 Å². The number of ether oxygens (including phenoxy) is 2. The van der Waals surface area contributed by atoms with E-state index in [4.69, 9.17) is 9.47 Å². The average Bonchev–Trinajstić information content (AvgIpc) is 3.42. The molecule has 1 aliphatic heterocycles. The molecule has 1 saturated carbocycles. The summed E-state index contributed by atoms with van der Waals surface area (Å²) in [5.41, 5.74) is 0.868. The van der Waals surface area contributed by atoms with Crippen molar-refractivity contribution in [3.63, 3.8) is 0 Å². The Morgan fingerprint density at radius 3 is 2.79 bits per heavy atom. The highest BCUT2D eigenvalue weighted by atomic mass is 16.5. The Hall–Kier alpha value is -2.87. The van der Waals surface area contributed by atoms with Crippen molar-refractivity contribution >= 4 is 11.8 Å². The van der Waals surface area contributed by atoms with Gasteiger partial charge in [-0.15, -0.1) is 0 Å². The van der Waals surface area contributed by atoms with Crippen molar-refractivity contribution in [2.45, 2.75) is 37.5 Å². The Morgan fingerprint density at radius 2 is 2.14 bits per heavy atom. The van der Waals surface area contributed by atoms with Gasteiger partial charge < -0.3 is 24.7 Å². The molecule has 2 aromatic rings. The van der Waals surface area contributed by atoms with Crippen LogP contribution in [0.5, 0.6) is 5.75 Å². The molecule has 2 aliphatic rings. The van der Waals surface area contributed by atoms with Gasteiger partial charge in [0.05, 0.1) is 13.2 Å². The second-order valence-corrected chi connectivity index (χ2v) is 7.06. The summed E-state index contributed by atoms with van der Waals surface area (Å²) in [4.78, 5) is 34.5. The summed E-state index contributed by atoms with van der Waals surface area (Å²) < 4.78 is 10.9. The van der Waals surface area contributed by atoms with Crippen molar-refractivity contribution in [2.24, 2.45) is 0 Å². The first-order valence-corrected chi connectivity index (χ1v) is 9.50. The number of aromatic amines is 1. The molecule has 0 spiro atoms. The fourth-order valence-corrected chi connectivity index (χ4v) is 3.61. The summed E-state index contributed by atoms with van der Waals surface area (Å²) in [6.45, 7) is 0.373. The highest BCUT2D eigenvalue weighted by molar-refractivity contribution is 5.86. The first kappa shape index (κ1) is 18.5. The molecular weight excluding hydrogens is 360 g/mol. The second kappa shape index (κ2) is 8.02. The van der Waals surface area contributed by atoms with Crippen LogP contribution >= 0.6 is 0 Å². The quantitative estimate of drug-likeness (QED) is 0.748. The molecule has 0 bridgehead atoms. The Bertz CT molecular complexity index is 817. The Labute approximate surface area is 163 Å². The SMILES string of the molecule is COc1ccc([C@@H]2[C@@H](C(=O)NCCc3ncc[nH]3)OCC(=O)N2C2CC2)cc1. The number of carbonyl (C=O) groups excluding carboxylic acids is 2. The maximum Gasteiger partial charge on any atom is 0.251 e. The number of benzene rings is 1. The van der Waals surface area contributed by atoms with E-state index < -0.39 is 12.1 Å². The first-order chi connectivity index (χ1) is 13.7. The van der Waals surface area contributed by atoms with Gasteiger partial charge in [0.1, 0.15) is 18.2 Å². The minimum absolute atomic E-state index is 0.0667. The van der Waals surface area contributed by atoms with E-state index in [0.717, 1.165) is 30.0 Å². The van der Waals surface area contributed by atoms with Crippen molar-refractivity contribution in [1.29, 1.82) is 0 Å². The molecule has 8 heteroatoms. The van der Waals surface area contributed by atoms with Crippen molar-refractivity contribution in [2.75, 3.05) is 20.3 Å². The van der Waals surface area contributed by atoms with E-state index in [1.165, 1.54) is 0 Å². The largest absolute Gasteiger partial charge is 0.497 e.